The van der Waals surface area contributed by atoms with E-state index in [1.165, 1.54) is 4.90 Å². The molecule has 2 bridgehead atoms. The van der Waals surface area contributed by atoms with E-state index in [1.54, 1.807) is 25.3 Å². The maximum Gasteiger partial charge on any atom is 0.245 e. The van der Waals surface area contributed by atoms with Gasteiger partial charge >= 0.3 is 0 Å². The Balaban J connectivity index is 1.36. The van der Waals surface area contributed by atoms with Gasteiger partial charge in [-0.3, -0.25) is 14.4 Å². The van der Waals surface area contributed by atoms with Crippen LogP contribution in [-0.2, 0) is 29.3 Å². The Morgan fingerprint density at radius 1 is 1.02 bits per heavy atom. The molecule has 3 aromatic carbocycles. The van der Waals surface area contributed by atoms with Crippen LogP contribution in [0.25, 0.3) is 0 Å². The lowest BCUT2D eigenvalue weighted by molar-refractivity contribution is -0.159. The number of aryl methyl sites for hydroxylation is 1. The number of benzene rings is 3. The molecule has 2 aliphatic heterocycles. The Hall–Kier alpha value is -3.85. The van der Waals surface area contributed by atoms with E-state index in [2.05, 4.69) is 10.5 Å². The van der Waals surface area contributed by atoms with Gasteiger partial charge in [-0.1, -0.05) is 66.2 Å². The smallest absolute Gasteiger partial charge is 0.245 e. The predicted molar refractivity (Wildman–Crippen MR) is 153 cm³/mol. The fourth-order valence-corrected chi connectivity index (χ4v) is 7.40. The van der Waals surface area contributed by atoms with Crippen LogP contribution in [0.4, 0.5) is 5.69 Å². The molecule has 0 radical (unpaired) electrons. The second kappa shape index (κ2) is 9.34. The van der Waals surface area contributed by atoms with E-state index < -0.39 is 23.0 Å². The Morgan fingerprint density at radius 3 is 2.29 bits per heavy atom. The number of hydrogen-bond donors (Lipinski definition) is 1. The van der Waals surface area contributed by atoms with E-state index in [4.69, 9.17) is 21.1 Å². The topological polar surface area (TPSA) is 97.3 Å². The largest absolute Gasteiger partial charge is 0.347 e. The first-order valence-electron chi connectivity index (χ1n) is 13.7. The summed E-state index contributed by atoms with van der Waals surface area (Å²) in [6, 6.07) is 21.0. The highest BCUT2D eigenvalue weighted by Gasteiger charge is 2.68. The monoisotopic (exact) mass is 569 g/mol. The molecule has 8 rings (SSSR count). The predicted octanol–water partition coefficient (Wildman–Crippen LogP) is 4.45. The summed E-state index contributed by atoms with van der Waals surface area (Å²) in [5, 5.41) is 4.92. The van der Waals surface area contributed by atoms with E-state index in [1.807, 2.05) is 61.5 Å². The van der Waals surface area contributed by atoms with Gasteiger partial charge in [-0.25, -0.2) is 10.3 Å². The quantitative estimate of drug-likeness (QED) is 0.278. The van der Waals surface area contributed by atoms with Gasteiger partial charge in [-0.15, -0.1) is 0 Å². The van der Waals surface area contributed by atoms with Crippen LogP contribution in [0.5, 0.6) is 0 Å². The van der Waals surface area contributed by atoms with Gasteiger partial charge in [0.25, 0.3) is 0 Å². The number of nitrogens with one attached hydrogen (secondary N) is 1. The minimum atomic E-state index is -1.08. The van der Waals surface area contributed by atoms with Crippen molar-refractivity contribution < 1.29 is 23.9 Å². The highest BCUT2D eigenvalue weighted by atomic mass is 35.5. The maximum absolute atomic E-state index is 14.4. The average Bonchev–Trinajstić information content (AvgIpc) is 3.51. The molecule has 41 heavy (non-hydrogen) atoms. The highest BCUT2D eigenvalue weighted by Crippen LogP contribution is 2.63. The van der Waals surface area contributed by atoms with Gasteiger partial charge in [0, 0.05) is 17.2 Å². The van der Waals surface area contributed by atoms with Crippen molar-refractivity contribution in [1.82, 2.24) is 5.43 Å². The normalized spacial score (nSPS) is 27.2. The van der Waals surface area contributed by atoms with Gasteiger partial charge in [-0.05, 0) is 53.8 Å². The molecule has 0 aromatic heterocycles. The van der Waals surface area contributed by atoms with Crippen LogP contribution in [0.15, 0.2) is 71.8 Å². The fourth-order valence-electron chi connectivity index (χ4n) is 7.22. The van der Waals surface area contributed by atoms with Gasteiger partial charge in [0.15, 0.2) is 5.79 Å². The summed E-state index contributed by atoms with van der Waals surface area (Å²) in [5.74, 6) is -3.66. The molecule has 208 valence electrons. The number of imide groups is 1. The number of amides is 3. The lowest BCUT2D eigenvalue weighted by Gasteiger charge is -2.52. The van der Waals surface area contributed by atoms with Crippen molar-refractivity contribution in [1.29, 1.82) is 0 Å². The van der Waals surface area contributed by atoms with Crippen molar-refractivity contribution in [3.63, 3.8) is 0 Å². The third-order valence-corrected chi connectivity index (χ3v) is 9.34. The summed E-state index contributed by atoms with van der Waals surface area (Å²) in [4.78, 5) is 42.8. The van der Waals surface area contributed by atoms with Gasteiger partial charge in [-0.2, -0.15) is 5.10 Å². The van der Waals surface area contributed by atoms with Crippen LogP contribution in [0.3, 0.4) is 0 Å². The number of carbonyl (C=O) groups is 3. The van der Waals surface area contributed by atoms with Gasteiger partial charge in [0.1, 0.15) is 0 Å². The molecule has 3 aliphatic carbocycles. The van der Waals surface area contributed by atoms with E-state index >= 15 is 0 Å². The SMILES string of the molecule is Cc1ccc(N2C(=O)[C@@H]3C4c5ccccc5C(/C=N\NC(=O)CC5(C)OCCO5)(c5ccccc54)[C@@H]3C2=O)cc1Cl. The second-order valence-electron chi connectivity index (χ2n) is 11.3. The Morgan fingerprint density at radius 2 is 1.66 bits per heavy atom. The molecule has 1 N–H and O–H groups in total. The molecule has 5 aliphatic rings. The van der Waals surface area contributed by atoms with Crippen molar-refractivity contribution in [3.05, 3.63) is 99.6 Å². The number of hydrazone groups is 1. The molecule has 0 saturated carbocycles. The molecule has 8 nitrogen and oxygen atoms in total. The zero-order valence-electron chi connectivity index (χ0n) is 22.6. The summed E-state index contributed by atoms with van der Waals surface area (Å²) in [6.07, 6.45) is 1.61. The maximum atomic E-state index is 14.4. The van der Waals surface area contributed by atoms with Gasteiger partial charge in [0.05, 0.1) is 42.6 Å². The average molecular weight is 570 g/mol. The molecule has 9 heteroatoms. The van der Waals surface area contributed by atoms with Crippen molar-refractivity contribution in [3.8, 4) is 0 Å². The standard InChI is InChI=1S/C32H28ClN3O5/c1-18-11-12-19(15-24(18)33)36-29(38)27-26-20-7-3-5-9-22(20)32(28(27)30(36)39,23-10-6-4-8-21(23)26)17-34-35-25(37)16-31(2)40-13-14-41-31/h3-12,15,17,26-28H,13-14,16H2,1-2H3,(H,35,37)/b34-17-/t26?,27-,28+,32?/m1/s1. The number of carbonyl (C=O) groups excluding carboxylic acids is 3. The third kappa shape index (κ3) is 3.74. The molecule has 2 atom stereocenters. The molecule has 3 aromatic rings. The Labute approximate surface area is 242 Å². The number of anilines is 1. The zero-order valence-corrected chi connectivity index (χ0v) is 23.4. The number of nitrogens with zero attached hydrogens (tertiary/aromatic N) is 2. The fraction of sp³-hybridized carbons (Fsp3) is 0.312. The molecule has 0 unspecified atom stereocenters. The molecule has 0 spiro atoms. The van der Waals surface area contributed by atoms with Crippen molar-refractivity contribution in [2.24, 2.45) is 16.9 Å². The van der Waals surface area contributed by atoms with Crippen LogP contribution in [0, 0.1) is 18.8 Å². The molecule has 2 heterocycles. The van der Waals surface area contributed by atoms with Gasteiger partial charge < -0.3 is 9.47 Å². The summed E-state index contributed by atoms with van der Waals surface area (Å²) in [6.45, 7) is 4.44. The lowest BCUT2D eigenvalue weighted by Crippen LogP contribution is -2.54. The lowest BCUT2D eigenvalue weighted by atomic mass is 9.47. The van der Waals surface area contributed by atoms with E-state index in [9.17, 15) is 14.4 Å². The minimum Gasteiger partial charge on any atom is -0.347 e. The molecular formula is C32H28ClN3O5. The molecular weight excluding hydrogens is 542 g/mol. The first kappa shape index (κ1) is 26.1. The summed E-state index contributed by atoms with van der Waals surface area (Å²) in [5.41, 5.74) is 6.62. The van der Waals surface area contributed by atoms with Crippen molar-refractivity contribution >= 4 is 41.2 Å². The third-order valence-electron chi connectivity index (χ3n) is 8.93. The number of rotatable bonds is 5. The number of hydrogen-bond acceptors (Lipinski definition) is 6. The minimum absolute atomic E-state index is 0.0297. The first-order valence-corrected chi connectivity index (χ1v) is 14.1. The summed E-state index contributed by atoms with van der Waals surface area (Å²) >= 11 is 6.42. The highest BCUT2D eigenvalue weighted by molar-refractivity contribution is 6.32. The molecule has 3 amide bonds. The van der Waals surface area contributed by atoms with Crippen LogP contribution < -0.4 is 10.3 Å². The Kier molecular flexibility index (Phi) is 5.94. The molecule has 2 saturated heterocycles. The first-order chi connectivity index (χ1) is 19.7. The molecule has 2 fully saturated rings. The van der Waals surface area contributed by atoms with Crippen LogP contribution in [-0.4, -0.2) is 42.9 Å². The van der Waals surface area contributed by atoms with Gasteiger partial charge in [0.2, 0.25) is 17.7 Å². The van der Waals surface area contributed by atoms with E-state index in [-0.39, 0.29) is 30.1 Å². The summed E-state index contributed by atoms with van der Waals surface area (Å²) < 4.78 is 11.1. The number of halogens is 1. The zero-order chi connectivity index (χ0) is 28.5. The van der Waals surface area contributed by atoms with Crippen molar-refractivity contribution in [2.75, 3.05) is 18.1 Å². The second-order valence-corrected chi connectivity index (χ2v) is 11.7. The van der Waals surface area contributed by atoms with E-state index in [0.29, 0.717) is 23.9 Å². The van der Waals surface area contributed by atoms with Crippen molar-refractivity contribution in [2.45, 2.75) is 37.4 Å². The summed E-state index contributed by atoms with van der Waals surface area (Å²) in [7, 11) is 0. The Bertz CT molecular complexity index is 1600. The van der Waals surface area contributed by atoms with Crippen LogP contribution in [0.2, 0.25) is 5.02 Å². The van der Waals surface area contributed by atoms with E-state index in [0.717, 1.165) is 27.8 Å². The number of ether oxygens (including phenoxy) is 2. The van der Waals surface area contributed by atoms with Crippen LogP contribution >= 0.6 is 11.6 Å². The van der Waals surface area contributed by atoms with Crippen LogP contribution in [0.1, 0.15) is 47.1 Å².